The van der Waals surface area contributed by atoms with Gasteiger partial charge in [0, 0.05) is 0 Å². The first-order chi connectivity index (χ1) is 10.1. The predicted octanol–water partition coefficient (Wildman–Crippen LogP) is 4.68. The van der Waals surface area contributed by atoms with E-state index in [0.717, 1.165) is 17.7 Å². The molecule has 0 bridgehead atoms. The second kappa shape index (κ2) is 9.37. The first-order valence-corrected chi connectivity index (χ1v) is 6.98. The molecule has 0 spiro atoms. The second-order valence-corrected chi connectivity index (χ2v) is 5.22. The molecule has 0 aliphatic rings. The van der Waals surface area contributed by atoms with Crippen LogP contribution in [0.25, 0.3) is 11.1 Å². The van der Waals surface area contributed by atoms with Crippen LogP contribution < -0.4 is 0 Å². The summed E-state index contributed by atoms with van der Waals surface area (Å²) in [5, 5.41) is 0. The summed E-state index contributed by atoms with van der Waals surface area (Å²) in [6, 6.07) is 22.9. The maximum atomic E-state index is 13.1. The van der Waals surface area contributed by atoms with Crippen molar-refractivity contribution in [3.8, 4) is 11.1 Å². The average molecular weight is 337 g/mol. The van der Waals surface area contributed by atoms with Crippen molar-refractivity contribution in [3.63, 3.8) is 0 Å². The van der Waals surface area contributed by atoms with E-state index >= 15 is 0 Å². The minimum absolute atomic E-state index is 0. The van der Waals surface area contributed by atoms with Crippen LogP contribution in [-0.2, 0) is 23.6 Å². The Kier molecular flexibility index (Phi) is 7.83. The Bertz CT molecular complexity index is 624. The first kappa shape index (κ1) is 18.4. The summed E-state index contributed by atoms with van der Waals surface area (Å²) in [5.41, 5.74) is 3.27. The van der Waals surface area contributed by atoms with Crippen LogP contribution in [0.2, 0.25) is 0 Å². The van der Waals surface area contributed by atoms with Gasteiger partial charge in [0.25, 0.3) is 0 Å². The van der Waals surface area contributed by atoms with Crippen LogP contribution in [0.1, 0.15) is 5.56 Å². The Balaban J connectivity index is 0.000000344. The molecule has 0 unspecified atom stereocenters. The number of rotatable bonds is 3. The number of hydrogen-bond acceptors (Lipinski definition) is 1. The van der Waals surface area contributed by atoms with E-state index < -0.39 is 0 Å². The Morgan fingerprint density at radius 1 is 1.09 bits per heavy atom. The van der Waals surface area contributed by atoms with E-state index in [0.29, 0.717) is 0 Å². The van der Waals surface area contributed by atoms with E-state index in [1.807, 2.05) is 56.6 Å². The Labute approximate surface area is 142 Å². The van der Waals surface area contributed by atoms with Gasteiger partial charge < -0.3 is 4.90 Å². The molecule has 0 aliphatic carbocycles. The van der Waals surface area contributed by atoms with Gasteiger partial charge in [-0.1, -0.05) is 17.7 Å². The van der Waals surface area contributed by atoms with E-state index in [4.69, 9.17) is 0 Å². The van der Waals surface area contributed by atoms with Gasteiger partial charge in [-0.25, -0.2) is 16.5 Å². The molecular weight excluding hydrogens is 317 g/mol. The molecule has 1 nitrogen and oxygen atoms in total. The van der Waals surface area contributed by atoms with Crippen molar-refractivity contribution >= 4 is 0 Å². The summed E-state index contributed by atoms with van der Waals surface area (Å²) in [6.07, 6.45) is 0. The minimum Gasteiger partial charge on any atom is -0.313 e. The molecule has 3 aromatic rings. The zero-order chi connectivity index (χ0) is 15.1. The molecule has 22 heavy (non-hydrogen) atoms. The predicted molar refractivity (Wildman–Crippen MR) is 86.9 cm³/mol. The summed E-state index contributed by atoms with van der Waals surface area (Å²) in [7, 11) is 4.07. The van der Waals surface area contributed by atoms with Gasteiger partial charge in [0.15, 0.2) is 0 Å². The van der Waals surface area contributed by atoms with Crippen LogP contribution >= 0.6 is 0 Å². The fraction of sp³-hybridized carbons (Fsp3) is 0.158. The van der Waals surface area contributed by atoms with Crippen molar-refractivity contribution in [3.05, 3.63) is 84.2 Å². The molecule has 3 aromatic carbocycles. The smallest absolute Gasteiger partial charge is 0.313 e. The fourth-order valence-electron chi connectivity index (χ4n) is 2.12. The van der Waals surface area contributed by atoms with Gasteiger partial charge in [-0.05, 0) is 26.7 Å². The van der Waals surface area contributed by atoms with Gasteiger partial charge >= 0.3 is 17.1 Å². The van der Waals surface area contributed by atoms with E-state index in [9.17, 15) is 4.39 Å². The van der Waals surface area contributed by atoms with Crippen molar-refractivity contribution in [1.29, 1.82) is 0 Å². The van der Waals surface area contributed by atoms with E-state index in [1.54, 1.807) is 12.1 Å². The molecule has 0 heterocycles. The molecule has 0 N–H and O–H groups in total. The molecule has 0 aliphatic heterocycles. The molecule has 0 radical (unpaired) electrons. The van der Waals surface area contributed by atoms with Crippen LogP contribution in [0.4, 0.5) is 4.39 Å². The van der Waals surface area contributed by atoms with Crippen molar-refractivity contribution in [2.45, 2.75) is 6.54 Å². The Hall–Kier alpha value is -1.67. The zero-order valence-corrected chi connectivity index (χ0v) is 13.9. The second-order valence-electron chi connectivity index (χ2n) is 5.22. The van der Waals surface area contributed by atoms with Gasteiger partial charge in [0.1, 0.15) is 0 Å². The summed E-state index contributed by atoms with van der Waals surface area (Å²) >= 11 is 0. The standard InChI is InChI=1S/C14H15FN.C5H5.Fe/c1-16(2)10-11-6-7-13(8-11)12-4-3-5-14(15)9-12;1-2-4-5-3-1;/h3-9H,10H2,1-2H3;1-5H;/q2*-1;+2. The Morgan fingerprint density at radius 3 is 2.36 bits per heavy atom. The van der Waals surface area contributed by atoms with Crippen LogP contribution in [0.5, 0.6) is 0 Å². The summed E-state index contributed by atoms with van der Waals surface area (Å²) in [4.78, 5) is 2.12. The maximum Gasteiger partial charge on any atom is 2.00 e. The van der Waals surface area contributed by atoms with Crippen LogP contribution in [0.15, 0.2) is 72.8 Å². The van der Waals surface area contributed by atoms with E-state index in [-0.39, 0.29) is 22.9 Å². The third kappa shape index (κ3) is 5.98. The van der Waals surface area contributed by atoms with Crippen LogP contribution in [0.3, 0.4) is 0 Å². The molecule has 3 heteroatoms. The summed E-state index contributed by atoms with van der Waals surface area (Å²) in [5.74, 6) is -0.187. The maximum absolute atomic E-state index is 13.1. The third-order valence-corrected chi connectivity index (χ3v) is 3.03. The van der Waals surface area contributed by atoms with E-state index in [2.05, 4.69) is 17.0 Å². The average Bonchev–Trinajstić information content (AvgIpc) is 3.12. The molecule has 0 saturated heterocycles. The SMILES string of the molecule is CN(C)Cc1cc[c-](-c2cccc(F)c2)c1.[Fe+2].c1cc[cH-]c1. The normalized spacial score (nSPS) is 9.82. The minimum atomic E-state index is -0.187. The summed E-state index contributed by atoms with van der Waals surface area (Å²) < 4.78 is 13.1. The van der Waals surface area contributed by atoms with Crippen molar-refractivity contribution in [1.82, 2.24) is 4.90 Å². The van der Waals surface area contributed by atoms with Crippen molar-refractivity contribution < 1.29 is 21.5 Å². The molecule has 0 atom stereocenters. The van der Waals surface area contributed by atoms with Crippen molar-refractivity contribution in [2.24, 2.45) is 0 Å². The molecule has 0 amide bonds. The van der Waals surface area contributed by atoms with Gasteiger partial charge in [-0.3, -0.25) is 0 Å². The monoisotopic (exact) mass is 337 g/mol. The van der Waals surface area contributed by atoms with Gasteiger partial charge in [-0.15, -0.1) is 35.4 Å². The van der Waals surface area contributed by atoms with Crippen LogP contribution in [0, 0.1) is 5.82 Å². The first-order valence-electron chi connectivity index (χ1n) is 6.98. The van der Waals surface area contributed by atoms with Crippen LogP contribution in [-0.4, -0.2) is 19.0 Å². The molecule has 0 aromatic heterocycles. The third-order valence-electron chi connectivity index (χ3n) is 3.03. The van der Waals surface area contributed by atoms with Gasteiger partial charge in [0.05, 0.1) is 5.82 Å². The molecule has 116 valence electrons. The van der Waals surface area contributed by atoms with E-state index in [1.165, 1.54) is 11.6 Å². The Morgan fingerprint density at radius 2 is 1.82 bits per heavy atom. The summed E-state index contributed by atoms with van der Waals surface area (Å²) in [6.45, 7) is 0.912. The number of benzene rings is 1. The molecule has 0 fully saturated rings. The van der Waals surface area contributed by atoms with Gasteiger partial charge in [-0.2, -0.15) is 18.2 Å². The quantitative estimate of drug-likeness (QED) is 0.496. The van der Waals surface area contributed by atoms with Crippen molar-refractivity contribution in [2.75, 3.05) is 14.1 Å². The zero-order valence-electron chi connectivity index (χ0n) is 12.8. The largest absolute Gasteiger partial charge is 2.00 e. The number of halogens is 1. The topological polar surface area (TPSA) is 3.24 Å². The van der Waals surface area contributed by atoms with Gasteiger partial charge in [0.2, 0.25) is 0 Å². The fourth-order valence-corrected chi connectivity index (χ4v) is 2.12. The molecule has 0 saturated carbocycles. The number of hydrogen-bond donors (Lipinski definition) is 0. The molecular formula is C19H20FFeN. The molecule has 3 rings (SSSR count). The number of nitrogens with zero attached hydrogens (tertiary/aromatic N) is 1.